The molecular formula is C19H22N2O3. The topological polar surface area (TPSA) is 67.4 Å². The largest absolute Gasteiger partial charge is 0.368 e. The Morgan fingerprint density at radius 2 is 1.92 bits per heavy atom. The van der Waals surface area contributed by atoms with Crippen LogP contribution in [-0.2, 0) is 20.7 Å². The van der Waals surface area contributed by atoms with Gasteiger partial charge in [-0.2, -0.15) is 0 Å². The minimum Gasteiger partial charge on any atom is -0.368 e. The lowest BCUT2D eigenvalue weighted by atomic mass is 10.0. The number of amides is 2. The fourth-order valence-corrected chi connectivity index (χ4v) is 2.30. The van der Waals surface area contributed by atoms with Gasteiger partial charge in [0.2, 0.25) is 5.91 Å². The van der Waals surface area contributed by atoms with E-state index in [9.17, 15) is 9.59 Å². The monoisotopic (exact) mass is 326 g/mol. The number of carbonyl (C=O) groups is 2. The smallest absolute Gasteiger partial charge is 0.267 e. The molecule has 0 aromatic heterocycles. The molecule has 24 heavy (non-hydrogen) atoms. The molecule has 5 nitrogen and oxygen atoms in total. The second-order valence-corrected chi connectivity index (χ2v) is 5.44. The van der Waals surface area contributed by atoms with Crippen LogP contribution in [0.5, 0.6) is 0 Å². The van der Waals surface area contributed by atoms with E-state index in [1.165, 1.54) is 0 Å². The highest BCUT2D eigenvalue weighted by Crippen LogP contribution is 2.18. The highest BCUT2D eigenvalue weighted by atomic mass is 16.5. The van der Waals surface area contributed by atoms with Gasteiger partial charge in [-0.1, -0.05) is 48.5 Å². The summed E-state index contributed by atoms with van der Waals surface area (Å²) in [5.41, 5.74) is 5.73. The number of fused-ring (bicyclic) bond motifs is 1. The molecule has 0 radical (unpaired) electrons. The zero-order valence-corrected chi connectivity index (χ0v) is 13.7. The Hall–Kier alpha value is -2.66. The molecule has 2 rings (SSSR count). The first-order valence-electron chi connectivity index (χ1n) is 7.89. The van der Waals surface area contributed by atoms with Crippen molar-refractivity contribution in [1.82, 2.24) is 10.9 Å². The fraction of sp³-hybridized carbons (Fsp3) is 0.263. The number of nitrogens with one attached hydrogen (secondary N) is 2. The van der Waals surface area contributed by atoms with Gasteiger partial charge < -0.3 is 4.74 Å². The van der Waals surface area contributed by atoms with Crippen LogP contribution < -0.4 is 10.9 Å². The first-order valence-corrected chi connectivity index (χ1v) is 7.89. The van der Waals surface area contributed by atoms with Gasteiger partial charge in [0.1, 0.15) is 6.10 Å². The standard InChI is InChI=1S/C19H22N2O3/c1-3-4-12-24-14(2)19(23)21-20-18(22)13-16-10-7-9-15-8-5-6-11-17(15)16/h3,5-11,14H,1,4,12-13H2,2H3,(H,20,22)(H,21,23). The Kier molecular flexibility index (Phi) is 6.51. The van der Waals surface area contributed by atoms with E-state index in [2.05, 4.69) is 17.4 Å². The van der Waals surface area contributed by atoms with Crippen molar-refractivity contribution in [3.05, 3.63) is 60.7 Å². The quantitative estimate of drug-likeness (QED) is 0.467. The maximum Gasteiger partial charge on any atom is 0.267 e. The molecule has 0 aliphatic heterocycles. The van der Waals surface area contributed by atoms with E-state index >= 15 is 0 Å². The first-order chi connectivity index (χ1) is 11.6. The van der Waals surface area contributed by atoms with Crippen molar-refractivity contribution in [3.63, 3.8) is 0 Å². The molecule has 0 fully saturated rings. The van der Waals surface area contributed by atoms with Gasteiger partial charge in [0.05, 0.1) is 13.0 Å². The van der Waals surface area contributed by atoms with Crippen LogP contribution in [0.15, 0.2) is 55.1 Å². The zero-order chi connectivity index (χ0) is 17.4. The van der Waals surface area contributed by atoms with Crippen LogP contribution in [0.3, 0.4) is 0 Å². The van der Waals surface area contributed by atoms with E-state index in [1.807, 2.05) is 42.5 Å². The third-order valence-electron chi connectivity index (χ3n) is 3.62. The molecule has 126 valence electrons. The van der Waals surface area contributed by atoms with Crippen molar-refractivity contribution in [1.29, 1.82) is 0 Å². The van der Waals surface area contributed by atoms with Crippen molar-refractivity contribution in [2.24, 2.45) is 0 Å². The molecular weight excluding hydrogens is 304 g/mol. The average molecular weight is 326 g/mol. The SMILES string of the molecule is C=CCCOC(C)C(=O)NNC(=O)Cc1cccc2ccccc12. The summed E-state index contributed by atoms with van der Waals surface area (Å²) >= 11 is 0. The van der Waals surface area contributed by atoms with Crippen LogP contribution in [0.1, 0.15) is 18.9 Å². The van der Waals surface area contributed by atoms with E-state index < -0.39 is 6.10 Å². The summed E-state index contributed by atoms with van der Waals surface area (Å²) in [7, 11) is 0. The summed E-state index contributed by atoms with van der Waals surface area (Å²) in [5, 5.41) is 2.11. The predicted octanol–water partition coefficient (Wildman–Crippen LogP) is 2.51. The Morgan fingerprint density at radius 1 is 1.17 bits per heavy atom. The number of benzene rings is 2. The lowest BCUT2D eigenvalue weighted by molar-refractivity contribution is -0.135. The van der Waals surface area contributed by atoms with Gasteiger partial charge in [0.25, 0.3) is 5.91 Å². The first kappa shape index (κ1) is 17.7. The molecule has 2 aromatic carbocycles. The summed E-state index contributed by atoms with van der Waals surface area (Å²) in [5.74, 6) is -0.664. The molecule has 5 heteroatoms. The van der Waals surface area contributed by atoms with E-state index in [0.29, 0.717) is 13.0 Å². The number of hydrazine groups is 1. The third-order valence-corrected chi connectivity index (χ3v) is 3.62. The van der Waals surface area contributed by atoms with Crippen LogP contribution in [0.2, 0.25) is 0 Å². The predicted molar refractivity (Wildman–Crippen MR) is 94.2 cm³/mol. The van der Waals surface area contributed by atoms with Gasteiger partial charge in [-0.15, -0.1) is 6.58 Å². The zero-order valence-electron chi connectivity index (χ0n) is 13.7. The summed E-state index contributed by atoms with van der Waals surface area (Å²) in [6.45, 7) is 5.64. The minimum absolute atomic E-state index is 0.188. The molecule has 0 aliphatic rings. The number of ether oxygens (including phenoxy) is 1. The van der Waals surface area contributed by atoms with Crippen LogP contribution in [-0.4, -0.2) is 24.5 Å². The van der Waals surface area contributed by atoms with Crippen LogP contribution >= 0.6 is 0 Å². The van der Waals surface area contributed by atoms with Crippen LogP contribution in [0.4, 0.5) is 0 Å². The summed E-state index contributed by atoms with van der Waals surface area (Å²) in [4.78, 5) is 23.9. The lowest BCUT2D eigenvalue weighted by Gasteiger charge is -2.13. The van der Waals surface area contributed by atoms with E-state index in [0.717, 1.165) is 16.3 Å². The van der Waals surface area contributed by atoms with Crippen molar-refractivity contribution < 1.29 is 14.3 Å². The highest BCUT2D eigenvalue weighted by Gasteiger charge is 2.14. The van der Waals surface area contributed by atoms with E-state index in [-0.39, 0.29) is 18.2 Å². The summed E-state index contributed by atoms with van der Waals surface area (Å²) < 4.78 is 5.32. The highest BCUT2D eigenvalue weighted by molar-refractivity contribution is 5.91. The Bertz CT molecular complexity index is 722. The van der Waals surface area contributed by atoms with Gasteiger partial charge in [-0.3, -0.25) is 20.4 Å². The molecule has 0 saturated carbocycles. The fourth-order valence-electron chi connectivity index (χ4n) is 2.30. The molecule has 2 N–H and O–H groups in total. The van der Waals surface area contributed by atoms with E-state index in [4.69, 9.17) is 4.74 Å². The Balaban J connectivity index is 1.86. The van der Waals surface area contributed by atoms with Crippen molar-refractivity contribution in [2.75, 3.05) is 6.61 Å². The molecule has 0 spiro atoms. The Morgan fingerprint density at radius 3 is 2.71 bits per heavy atom. The number of hydrogen-bond donors (Lipinski definition) is 2. The van der Waals surface area contributed by atoms with Gasteiger partial charge in [0, 0.05) is 0 Å². The average Bonchev–Trinajstić information content (AvgIpc) is 2.60. The van der Waals surface area contributed by atoms with Gasteiger partial charge in [-0.05, 0) is 29.7 Å². The van der Waals surface area contributed by atoms with Crippen molar-refractivity contribution in [2.45, 2.75) is 25.9 Å². The molecule has 0 aliphatic carbocycles. The molecule has 0 heterocycles. The molecule has 2 amide bonds. The van der Waals surface area contributed by atoms with Crippen molar-refractivity contribution >= 4 is 22.6 Å². The maximum atomic E-state index is 12.1. The molecule has 2 aromatic rings. The van der Waals surface area contributed by atoms with Crippen LogP contribution in [0.25, 0.3) is 10.8 Å². The van der Waals surface area contributed by atoms with Gasteiger partial charge >= 0.3 is 0 Å². The van der Waals surface area contributed by atoms with Gasteiger partial charge in [0.15, 0.2) is 0 Å². The van der Waals surface area contributed by atoms with Crippen LogP contribution in [0, 0.1) is 0 Å². The van der Waals surface area contributed by atoms with Crippen molar-refractivity contribution in [3.8, 4) is 0 Å². The Labute approximate surface area is 141 Å². The summed E-state index contributed by atoms with van der Waals surface area (Å²) in [6, 6.07) is 13.7. The molecule has 0 bridgehead atoms. The second kappa shape index (κ2) is 8.84. The van der Waals surface area contributed by atoms with Gasteiger partial charge in [-0.25, -0.2) is 0 Å². The minimum atomic E-state index is -0.636. The normalized spacial score (nSPS) is 11.7. The molecule has 0 saturated heterocycles. The number of rotatable bonds is 7. The summed E-state index contributed by atoms with van der Waals surface area (Å²) in [6.07, 6.45) is 1.94. The number of hydrogen-bond acceptors (Lipinski definition) is 3. The maximum absolute atomic E-state index is 12.1. The third kappa shape index (κ3) is 4.93. The number of carbonyl (C=O) groups excluding carboxylic acids is 2. The molecule has 1 unspecified atom stereocenters. The van der Waals surface area contributed by atoms with E-state index in [1.54, 1.807) is 13.0 Å². The second-order valence-electron chi connectivity index (χ2n) is 5.44. The molecule has 1 atom stereocenters. The lowest BCUT2D eigenvalue weighted by Crippen LogP contribution is -2.46.